The third kappa shape index (κ3) is 4.52. The summed E-state index contributed by atoms with van der Waals surface area (Å²) in [5.41, 5.74) is 1.17. The molecule has 0 unspecified atom stereocenters. The zero-order valence-electron chi connectivity index (χ0n) is 15.7. The SMILES string of the molecule is O=C(CSC(=S)N1CCN(c2ccccc2)CC1)c1cc2ccccc2oc1=O. The van der Waals surface area contributed by atoms with E-state index >= 15 is 0 Å². The van der Waals surface area contributed by atoms with Gasteiger partial charge in [-0.2, -0.15) is 0 Å². The van der Waals surface area contributed by atoms with E-state index in [9.17, 15) is 9.59 Å². The largest absolute Gasteiger partial charge is 0.422 e. The van der Waals surface area contributed by atoms with E-state index in [-0.39, 0.29) is 17.1 Å². The molecule has 2 aromatic carbocycles. The Hall–Kier alpha value is -2.64. The molecule has 0 amide bonds. The summed E-state index contributed by atoms with van der Waals surface area (Å²) < 4.78 is 5.95. The van der Waals surface area contributed by atoms with Crippen LogP contribution in [0.5, 0.6) is 0 Å². The third-order valence-electron chi connectivity index (χ3n) is 4.93. The summed E-state index contributed by atoms with van der Waals surface area (Å²) in [5.74, 6) is -0.138. The zero-order valence-corrected chi connectivity index (χ0v) is 17.4. The Bertz CT molecular complexity index is 1090. The van der Waals surface area contributed by atoms with Crippen molar-refractivity contribution in [3.8, 4) is 0 Å². The van der Waals surface area contributed by atoms with Gasteiger partial charge in [0.1, 0.15) is 15.5 Å². The molecular weight excluding hydrogens is 404 g/mol. The number of carbonyl (C=O) groups excluding carboxylic acids is 1. The molecule has 2 heterocycles. The Balaban J connectivity index is 1.34. The van der Waals surface area contributed by atoms with Crippen molar-refractivity contribution in [2.75, 3.05) is 36.8 Å². The van der Waals surface area contributed by atoms with Gasteiger partial charge in [0.15, 0.2) is 5.78 Å². The predicted molar refractivity (Wildman–Crippen MR) is 122 cm³/mol. The van der Waals surface area contributed by atoms with Crippen LogP contribution in [0.4, 0.5) is 5.69 Å². The number of para-hydroxylation sites is 2. The Morgan fingerprint density at radius 3 is 2.45 bits per heavy atom. The average Bonchev–Trinajstić information content (AvgIpc) is 2.77. The lowest BCUT2D eigenvalue weighted by atomic mass is 10.1. The molecule has 0 bridgehead atoms. The molecule has 3 aromatic rings. The molecule has 0 aliphatic carbocycles. The monoisotopic (exact) mass is 424 g/mol. The molecule has 0 N–H and O–H groups in total. The van der Waals surface area contributed by atoms with E-state index in [0.717, 1.165) is 31.6 Å². The van der Waals surface area contributed by atoms with E-state index in [1.165, 1.54) is 17.4 Å². The first-order chi connectivity index (χ1) is 14.1. The van der Waals surface area contributed by atoms with E-state index < -0.39 is 5.63 Å². The van der Waals surface area contributed by atoms with Crippen molar-refractivity contribution < 1.29 is 9.21 Å². The second-order valence-corrected chi connectivity index (χ2v) is 8.38. The van der Waals surface area contributed by atoms with Gasteiger partial charge in [0.05, 0.1) is 5.75 Å². The van der Waals surface area contributed by atoms with Crippen molar-refractivity contribution in [2.24, 2.45) is 0 Å². The normalized spacial score (nSPS) is 14.2. The lowest BCUT2D eigenvalue weighted by Gasteiger charge is -2.37. The zero-order chi connectivity index (χ0) is 20.2. The number of hydrogen-bond acceptors (Lipinski definition) is 6. The van der Waals surface area contributed by atoms with Crippen LogP contribution in [0.1, 0.15) is 10.4 Å². The molecule has 0 spiro atoms. The van der Waals surface area contributed by atoms with Gasteiger partial charge in [-0.3, -0.25) is 4.79 Å². The molecule has 7 heteroatoms. The first-order valence-corrected chi connectivity index (χ1v) is 10.8. The summed E-state index contributed by atoms with van der Waals surface area (Å²) in [6.45, 7) is 3.39. The van der Waals surface area contributed by atoms with Gasteiger partial charge in [0.2, 0.25) is 0 Å². The minimum absolute atomic E-state index is 0.0768. The third-order valence-corrected chi connectivity index (χ3v) is 6.45. The van der Waals surface area contributed by atoms with Gasteiger partial charge < -0.3 is 14.2 Å². The van der Waals surface area contributed by atoms with Crippen molar-refractivity contribution in [3.63, 3.8) is 0 Å². The predicted octanol–water partition coefficient (Wildman–Crippen LogP) is 3.82. The number of thiocarbonyl (C=S) groups is 1. The molecule has 0 saturated carbocycles. The summed E-state index contributed by atoms with van der Waals surface area (Å²) in [7, 11) is 0. The van der Waals surface area contributed by atoms with Crippen LogP contribution in [0, 0.1) is 0 Å². The number of nitrogens with zero attached hydrogens (tertiary/aromatic N) is 2. The molecule has 1 aromatic heterocycles. The highest BCUT2D eigenvalue weighted by atomic mass is 32.2. The van der Waals surface area contributed by atoms with Crippen LogP contribution in [0.25, 0.3) is 11.0 Å². The van der Waals surface area contributed by atoms with Crippen molar-refractivity contribution in [1.82, 2.24) is 4.90 Å². The lowest BCUT2D eigenvalue weighted by molar-refractivity contribution is 0.101. The summed E-state index contributed by atoms with van der Waals surface area (Å²) in [6.07, 6.45) is 0. The molecule has 1 aliphatic rings. The van der Waals surface area contributed by atoms with Crippen LogP contribution < -0.4 is 10.5 Å². The minimum atomic E-state index is -0.600. The van der Waals surface area contributed by atoms with Crippen LogP contribution in [-0.4, -0.2) is 46.9 Å². The molecule has 1 saturated heterocycles. The number of rotatable bonds is 4. The number of benzene rings is 2. The fourth-order valence-corrected chi connectivity index (χ4v) is 4.47. The molecule has 148 valence electrons. The average molecular weight is 425 g/mol. The fraction of sp³-hybridized carbons (Fsp3) is 0.227. The highest BCUT2D eigenvalue weighted by molar-refractivity contribution is 8.23. The van der Waals surface area contributed by atoms with Crippen molar-refractivity contribution >= 4 is 50.7 Å². The second kappa shape index (κ2) is 8.80. The van der Waals surface area contributed by atoms with Crippen molar-refractivity contribution in [1.29, 1.82) is 0 Å². The summed E-state index contributed by atoms with van der Waals surface area (Å²) in [5, 5.41) is 0.736. The first-order valence-electron chi connectivity index (χ1n) is 9.39. The maximum atomic E-state index is 12.6. The number of piperazine rings is 1. The minimum Gasteiger partial charge on any atom is -0.422 e. The Labute approximate surface area is 178 Å². The Morgan fingerprint density at radius 1 is 1.00 bits per heavy atom. The Kier molecular flexibility index (Phi) is 5.97. The summed E-state index contributed by atoms with van der Waals surface area (Å²) in [4.78, 5) is 29.2. The number of thioether (sulfide) groups is 1. The standard InChI is InChI=1S/C22H20N2O3S2/c25-19(18-14-16-6-4-5-9-20(16)27-21(18)26)15-29-22(28)24-12-10-23(11-13-24)17-7-2-1-3-8-17/h1-9,14H,10-13,15H2. The van der Waals surface area contributed by atoms with Crippen LogP contribution >= 0.6 is 24.0 Å². The quantitative estimate of drug-likeness (QED) is 0.359. The number of anilines is 1. The van der Waals surface area contributed by atoms with Gasteiger partial charge >= 0.3 is 5.63 Å². The van der Waals surface area contributed by atoms with Gasteiger partial charge in [-0.05, 0) is 24.3 Å². The van der Waals surface area contributed by atoms with Crippen LogP contribution in [0.15, 0.2) is 69.9 Å². The lowest BCUT2D eigenvalue weighted by Crippen LogP contribution is -2.47. The maximum Gasteiger partial charge on any atom is 0.347 e. The van der Waals surface area contributed by atoms with Crippen LogP contribution in [0.2, 0.25) is 0 Å². The van der Waals surface area contributed by atoms with E-state index in [0.29, 0.717) is 9.90 Å². The van der Waals surface area contributed by atoms with Crippen molar-refractivity contribution in [2.45, 2.75) is 0 Å². The molecule has 0 radical (unpaired) electrons. The smallest absolute Gasteiger partial charge is 0.347 e. The van der Waals surface area contributed by atoms with Gasteiger partial charge in [-0.25, -0.2) is 4.79 Å². The molecule has 1 aliphatic heterocycles. The highest BCUT2D eigenvalue weighted by Crippen LogP contribution is 2.19. The van der Waals surface area contributed by atoms with Gasteiger partial charge in [0.25, 0.3) is 0 Å². The fourth-order valence-electron chi connectivity index (χ4n) is 3.34. The van der Waals surface area contributed by atoms with Gasteiger partial charge in [-0.15, -0.1) is 0 Å². The summed E-state index contributed by atoms with van der Waals surface area (Å²) in [6, 6.07) is 19.1. The molecular formula is C22H20N2O3S2. The number of Topliss-reactive ketones (excluding diaryl/α,β-unsaturated/α-hetero) is 1. The number of ketones is 1. The van der Waals surface area contributed by atoms with E-state index in [4.69, 9.17) is 16.6 Å². The number of carbonyl (C=O) groups is 1. The molecule has 29 heavy (non-hydrogen) atoms. The van der Waals surface area contributed by atoms with Crippen LogP contribution in [-0.2, 0) is 0 Å². The highest BCUT2D eigenvalue weighted by Gasteiger charge is 2.21. The Morgan fingerprint density at radius 2 is 1.69 bits per heavy atom. The molecule has 5 nitrogen and oxygen atoms in total. The first kappa shape index (κ1) is 19.7. The summed E-state index contributed by atoms with van der Waals surface area (Å²) >= 11 is 6.83. The maximum absolute atomic E-state index is 12.6. The topological polar surface area (TPSA) is 53.8 Å². The van der Waals surface area contributed by atoms with Crippen LogP contribution in [0.3, 0.4) is 0 Å². The van der Waals surface area contributed by atoms with E-state index in [2.05, 4.69) is 21.9 Å². The van der Waals surface area contributed by atoms with E-state index in [1.54, 1.807) is 18.2 Å². The van der Waals surface area contributed by atoms with Crippen molar-refractivity contribution in [3.05, 3.63) is 76.6 Å². The van der Waals surface area contributed by atoms with Gasteiger partial charge in [-0.1, -0.05) is 60.4 Å². The molecule has 1 fully saturated rings. The molecule has 0 atom stereocenters. The van der Waals surface area contributed by atoms with E-state index in [1.807, 2.05) is 30.3 Å². The molecule has 4 rings (SSSR count). The second-order valence-electron chi connectivity index (χ2n) is 6.77. The number of hydrogen-bond donors (Lipinski definition) is 0. The van der Waals surface area contributed by atoms with Gasteiger partial charge in [0, 0.05) is 37.3 Å². The number of fused-ring (bicyclic) bond motifs is 1.